The smallest absolute Gasteiger partial charge is 0.134 e. The van der Waals surface area contributed by atoms with Gasteiger partial charge in [0.15, 0.2) is 0 Å². The van der Waals surface area contributed by atoms with E-state index in [9.17, 15) is 0 Å². The number of nitrogens with zero attached hydrogens (tertiary/aromatic N) is 1. The third-order valence-corrected chi connectivity index (χ3v) is 6.11. The van der Waals surface area contributed by atoms with E-state index in [1.807, 2.05) is 12.1 Å². The Hall–Kier alpha value is -2.36. The van der Waals surface area contributed by atoms with E-state index in [1.165, 1.54) is 29.5 Å². The zero-order valence-corrected chi connectivity index (χ0v) is 17.3. The quantitative estimate of drug-likeness (QED) is 0.462. The van der Waals surface area contributed by atoms with Crippen LogP contribution in [0.5, 0.6) is 0 Å². The number of rotatable bonds is 9. The number of ether oxygens (including phenoxy) is 1. The molecule has 3 aromatic rings. The largest absolute Gasteiger partial charge is 0.464 e. The molecule has 1 unspecified atom stereocenters. The Kier molecular flexibility index (Phi) is 6.48. The predicted molar refractivity (Wildman–Crippen MR) is 118 cm³/mol. The molecule has 0 radical (unpaired) electrons. The van der Waals surface area contributed by atoms with Crippen LogP contribution in [0.15, 0.2) is 77.4 Å². The third kappa shape index (κ3) is 4.98. The van der Waals surface area contributed by atoms with Gasteiger partial charge >= 0.3 is 0 Å². The minimum atomic E-state index is 0.242. The standard InChI is InChI=1S/C26H31NO2/c1-2-28-21-26(15-14-22-9-4-3-5-10-22)16-17-27(20-26)19-23-11-6-7-12-24(23)25-13-8-18-29-25/h3-13,18H,2,14-17,19-21H2,1H3. The first-order valence-electron chi connectivity index (χ1n) is 10.7. The summed E-state index contributed by atoms with van der Waals surface area (Å²) >= 11 is 0. The molecule has 152 valence electrons. The maximum Gasteiger partial charge on any atom is 0.134 e. The van der Waals surface area contributed by atoms with Crippen LogP contribution in [-0.2, 0) is 17.7 Å². The topological polar surface area (TPSA) is 25.6 Å². The van der Waals surface area contributed by atoms with Crippen molar-refractivity contribution in [1.82, 2.24) is 4.90 Å². The molecule has 1 fully saturated rings. The van der Waals surface area contributed by atoms with Gasteiger partial charge in [0.1, 0.15) is 5.76 Å². The fourth-order valence-corrected chi connectivity index (χ4v) is 4.50. The summed E-state index contributed by atoms with van der Waals surface area (Å²) in [5.41, 5.74) is 4.19. The molecule has 0 spiro atoms. The van der Waals surface area contributed by atoms with Crippen molar-refractivity contribution in [1.29, 1.82) is 0 Å². The molecule has 3 nitrogen and oxygen atoms in total. The molecule has 1 atom stereocenters. The van der Waals surface area contributed by atoms with E-state index < -0.39 is 0 Å². The molecule has 0 aliphatic carbocycles. The van der Waals surface area contributed by atoms with Gasteiger partial charge in [-0.05, 0) is 56.0 Å². The normalized spacial score (nSPS) is 19.6. The van der Waals surface area contributed by atoms with Gasteiger partial charge < -0.3 is 9.15 Å². The lowest BCUT2D eigenvalue weighted by atomic mass is 9.82. The van der Waals surface area contributed by atoms with Crippen LogP contribution in [0.3, 0.4) is 0 Å². The molecule has 4 rings (SSSR count). The van der Waals surface area contributed by atoms with Gasteiger partial charge in [0.25, 0.3) is 0 Å². The molecule has 1 aliphatic heterocycles. The summed E-state index contributed by atoms with van der Waals surface area (Å²) in [4.78, 5) is 2.59. The van der Waals surface area contributed by atoms with Gasteiger partial charge in [-0.3, -0.25) is 4.90 Å². The lowest BCUT2D eigenvalue weighted by molar-refractivity contribution is 0.0489. The number of benzene rings is 2. The molecular weight excluding hydrogens is 358 g/mol. The lowest BCUT2D eigenvalue weighted by Crippen LogP contribution is -2.32. The Labute approximate surface area is 174 Å². The van der Waals surface area contributed by atoms with Crippen LogP contribution in [0.25, 0.3) is 11.3 Å². The van der Waals surface area contributed by atoms with Crippen LogP contribution in [0.2, 0.25) is 0 Å². The van der Waals surface area contributed by atoms with Crippen molar-refractivity contribution < 1.29 is 9.15 Å². The molecule has 0 N–H and O–H groups in total. The molecule has 0 amide bonds. The lowest BCUT2D eigenvalue weighted by Gasteiger charge is -2.29. The monoisotopic (exact) mass is 389 g/mol. The summed E-state index contributed by atoms with van der Waals surface area (Å²) in [7, 11) is 0. The minimum Gasteiger partial charge on any atom is -0.464 e. The third-order valence-electron chi connectivity index (χ3n) is 6.11. The number of likely N-dealkylation sites (tertiary alicyclic amines) is 1. The van der Waals surface area contributed by atoms with Crippen molar-refractivity contribution in [3.63, 3.8) is 0 Å². The highest BCUT2D eigenvalue weighted by molar-refractivity contribution is 5.61. The highest BCUT2D eigenvalue weighted by atomic mass is 16.5. The summed E-state index contributed by atoms with van der Waals surface area (Å²) in [5, 5.41) is 0. The fraction of sp³-hybridized carbons (Fsp3) is 0.385. The predicted octanol–water partition coefficient (Wildman–Crippen LogP) is 5.81. The maximum atomic E-state index is 5.95. The van der Waals surface area contributed by atoms with E-state index in [0.717, 1.165) is 45.0 Å². The summed E-state index contributed by atoms with van der Waals surface area (Å²) in [6.45, 7) is 6.90. The van der Waals surface area contributed by atoms with E-state index in [1.54, 1.807) is 6.26 Å². The molecule has 1 saturated heterocycles. The fourth-order valence-electron chi connectivity index (χ4n) is 4.50. The Bertz CT molecular complexity index is 875. The van der Waals surface area contributed by atoms with E-state index >= 15 is 0 Å². The van der Waals surface area contributed by atoms with Crippen molar-refractivity contribution in [2.24, 2.45) is 5.41 Å². The average Bonchev–Trinajstić information content (AvgIpc) is 3.43. The van der Waals surface area contributed by atoms with Crippen molar-refractivity contribution in [3.05, 3.63) is 84.1 Å². The van der Waals surface area contributed by atoms with Crippen LogP contribution in [-0.4, -0.2) is 31.2 Å². The molecule has 1 aromatic heterocycles. The summed E-state index contributed by atoms with van der Waals surface area (Å²) in [6.07, 6.45) is 5.24. The summed E-state index contributed by atoms with van der Waals surface area (Å²) in [6, 6.07) is 23.4. The average molecular weight is 390 g/mol. The van der Waals surface area contributed by atoms with Crippen LogP contribution >= 0.6 is 0 Å². The second-order valence-corrected chi connectivity index (χ2v) is 8.22. The van der Waals surface area contributed by atoms with Gasteiger partial charge in [0, 0.05) is 30.7 Å². The zero-order chi connectivity index (χ0) is 19.9. The first-order valence-corrected chi connectivity index (χ1v) is 10.7. The number of aryl methyl sites for hydroxylation is 1. The highest BCUT2D eigenvalue weighted by Crippen LogP contribution is 2.37. The second kappa shape index (κ2) is 9.43. The zero-order valence-electron chi connectivity index (χ0n) is 17.3. The van der Waals surface area contributed by atoms with E-state index in [0.29, 0.717) is 0 Å². The molecule has 2 heterocycles. The Morgan fingerprint density at radius 2 is 1.83 bits per heavy atom. The summed E-state index contributed by atoms with van der Waals surface area (Å²) in [5.74, 6) is 0.949. The molecule has 3 heteroatoms. The summed E-state index contributed by atoms with van der Waals surface area (Å²) < 4.78 is 11.6. The van der Waals surface area contributed by atoms with Crippen molar-refractivity contribution >= 4 is 0 Å². The Morgan fingerprint density at radius 1 is 1.00 bits per heavy atom. The van der Waals surface area contributed by atoms with E-state index in [4.69, 9.17) is 9.15 Å². The van der Waals surface area contributed by atoms with Crippen LogP contribution in [0, 0.1) is 5.41 Å². The highest BCUT2D eigenvalue weighted by Gasteiger charge is 2.38. The van der Waals surface area contributed by atoms with Gasteiger partial charge in [-0.15, -0.1) is 0 Å². The van der Waals surface area contributed by atoms with Crippen LogP contribution < -0.4 is 0 Å². The number of furan rings is 1. The van der Waals surface area contributed by atoms with Crippen LogP contribution in [0.4, 0.5) is 0 Å². The Morgan fingerprint density at radius 3 is 2.62 bits per heavy atom. The molecular formula is C26H31NO2. The van der Waals surface area contributed by atoms with Gasteiger partial charge in [-0.1, -0.05) is 54.6 Å². The van der Waals surface area contributed by atoms with E-state index in [2.05, 4.69) is 66.4 Å². The van der Waals surface area contributed by atoms with Gasteiger partial charge in [0.2, 0.25) is 0 Å². The minimum absolute atomic E-state index is 0.242. The van der Waals surface area contributed by atoms with Crippen molar-refractivity contribution in [2.75, 3.05) is 26.3 Å². The van der Waals surface area contributed by atoms with E-state index in [-0.39, 0.29) is 5.41 Å². The second-order valence-electron chi connectivity index (χ2n) is 8.22. The van der Waals surface area contributed by atoms with Crippen molar-refractivity contribution in [2.45, 2.75) is 32.7 Å². The first-order chi connectivity index (χ1) is 14.3. The van der Waals surface area contributed by atoms with Gasteiger partial charge in [-0.25, -0.2) is 0 Å². The van der Waals surface area contributed by atoms with Gasteiger partial charge in [-0.2, -0.15) is 0 Å². The molecule has 0 saturated carbocycles. The molecule has 0 bridgehead atoms. The number of hydrogen-bond donors (Lipinski definition) is 0. The molecule has 1 aliphatic rings. The van der Waals surface area contributed by atoms with Gasteiger partial charge in [0.05, 0.1) is 12.9 Å². The number of hydrogen-bond acceptors (Lipinski definition) is 3. The first kappa shape index (κ1) is 19.9. The molecule has 2 aromatic carbocycles. The SMILES string of the molecule is CCOCC1(CCc2ccccc2)CCN(Cc2ccccc2-c2ccco2)C1. The Balaban J connectivity index is 1.45. The van der Waals surface area contributed by atoms with Crippen LogP contribution in [0.1, 0.15) is 30.9 Å². The maximum absolute atomic E-state index is 5.95. The molecule has 29 heavy (non-hydrogen) atoms. The van der Waals surface area contributed by atoms with Crippen molar-refractivity contribution in [3.8, 4) is 11.3 Å².